The van der Waals surface area contributed by atoms with E-state index in [4.69, 9.17) is 9.47 Å². The molecule has 152 valence electrons. The van der Waals surface area contributed by atoms with Gasteiger partial charge in [0.05, 0.1) is 12.8 Å². The van der Waals surface area contributed by atoms with Gasteiger partial charge < -0.3 is 14.8 Å². The number of nitrogens with zero attached hydrogens (tertiary/aromatic N) is 5. The maximum Gasteiger partial charge on any atom is 0.248 e. The van der Waals surface area contributed by atoms with Crippen molar-refractivity contribution in [3.05, 3.63) is 95.3 Å². The van der Waals surface area contributed by atoms with Crippen LogP contribution in [0.25, 0.3) is 5.70 Å². The van der Waals surface area contributed by atoms with Crippen LogP contribution in [-0.4, -0.2) is 32.3 Å². The largest absolute Gasteiger partial charge is 0.497 e. The van der Waals surface area contributed by atoms with Crippen molar-refractivity contribution in [2.24, 2.45) is 0 Å². The van der Waals surface area contributed by atoms with Crippen molar-refractivity contribution in [3.63, 3.8) is 0 Å². The van der Waals surface area contributed by atoms with Crippen LogP contribution in [0.4, 0.5) is 5.95 Å². The number of fused-ring (bicyclic) bond motifs is 3. The summed E-state index contributed by atoms with van der Waals surface area (Å²) in [5, 5.41) is 15.8. The van der Waals surface area contributed by atoms with Crippen LogP contribution in [-0.2, 0) is 0 Å². The molecule has 1 N–H and O–H groups in total. The molecule has 0 saturated heterocycles. The Morgan fingerprint density at radius 3 is 2.68 bits per heavy atom. The zero-order valence-corrected chi connectivity index (χ0v) is 16.6. The fourth-order valence-corrected chi connectivity index (χ4v) is 4.25. The third kappa shape index (κ3) is 2.76. The second-order valence-corrected chi connectivity index (χ2v) is 7.36. The van der Waals surface area contributed by atoms with E-state index in [1.807, 2.05) is 66.9 Å². The predicted molar refractivity (Wildman–Crippen MR) is 114 cm³/mol. The van der Waals surface area contributed by atoms with Crippen molar-refractivity contribution in [3.8, 4) is 11.5 Å². The second kappa shape index (κ2) is 6.94. The fourth-order valence-electron chi connectivity index (χ4n) is 4.25. The second-order valence-electron chi connectivity index (χ2n) is 7.36. The van der Waals surface area contributed by atoms with E-state index < -0.39 is 0 Å². The predicted octanol–water partition coefficient (Wildman–Crippen LogP) is 3.64. The van der Waals surface area contributed by atoms with Crippen LogP contribution >= 0.6 is 0 Å². The van der Waals surface area contributed by atoms with E-state index in [0.717, 1.165) is 39.5 Å². The Hall–Kier alpha value is -4.20. The minimum atomic E-state index is -0.342. The molecule has 6 rings (SSSR count). The lowest BCUT2D eigenvalue weighted by molar-refractivity contribution is 0.222. The first-order chi connectivity index (χ1) is 15.3. The van der Waals surface area contributed by atoms with E-state index in [-0.39, 0.29) is 12.1 Å². The van der Waals surface area contributed by atoms with Gasteiger partial charge in [0.25, 0.3) is 0 Å². The van der Waals surface area contributed by atoms with E-state index >= 15 is 0 Å². The van der Waals surface area contributed by atoms with Gasteiger partial charge in [-0.05, 0) is 51.9 Å². The zero-order chi connectivity index (χ0) is 20.8. The molecule has 8 heteroatoms. The lowest BCUT2D eigenvalue weighted by Gasteiger charge is -2.38. The van der Waals surface area contributed by atoms with E-state index in [9.17, 15) is 0 Å². The summed E-state index contributed by atoms with van der Waals surface area (Å²) in [5.41, 5.74) is 4.95. The van der Waals surface area contributed by atoms with Crippen molar-refractivity contribution in [1.82, 2.24) is 25.2 Å². The molecule has 2 aromatic heterocycles. The van der Waals surface area contributed by atoms with E-state index in [1.54, 1.807) is 18.0 Å². The lowest BCUT2D eigenvalue weighted by Crippen LogP contribution is -2.32. The van der Waals surface area contributed by atoms with Crippen molar-refractivity contribution in [2.45, 2.75) is 12.1 Å². The third-order valence-electron chi connectivity index (χ3n) is 5.66. The van der Waals surface area contributed by atoms with Crippen LogP contribution < -0.4 is 14.8 Å². The van der Waals surface area contributed by atoms with Gasteiger partial charge in [-0.25, -0.2) is 0 Å². The summed E-state index contributed by atoms with van der Waals surface area (Å²) in [7, 11) is 1.66. The van der Waals surface area contributed by atoms with Crippen LogP contribution in [0.5, 0.6) is 11.5 Å². The smallest absolute Gasteiger partial charge is 0.248 e. The molecule has 4 heterocycles. The molecule has 31 heavy (non-hydrogen) atoms. The molecule has 2 aliphatic rings. The number of hydrogen-bond acceptors (Lipinski definition) is 7. The molecule has 0 bridgehead atoms. The van der Waals surface area contributed by atoms with Crippen molar-refractivity contribution < 1.29 is 9.47 Å². The number of hydrogen-bond donors (Lipinski definition) is 1. The number of tetrazole rings is 1. The molecule has 0 unspecified atom stereocenters. The van der Waals surface area contributed by atoms with Crippen molar-refractivity contribution in [2.75, 3.05) is 12.4 Å². The third-order valence-corrected chi connectivity index (χ3v) is 5.66. The number of benzene rings is 2. The number of ether oxygens (including phenoxy) is 2. The van der Waals surface area contributed by atoms with E-state index in [1.165, 1.54) is 0 Å². The van der Waals surface area contributed by atoms with Gasteiger partial charge >= 0.3 is 0 Å². The summed E-state index contributed by atoms with van der Waals surface area (Å²) in [6.07, 6.45) is 3.26. The Kier molecular flexibility index (Phi) is 3.95. The highest BCUT2D eigenvalue weighted by Crippen LogP contribution is 2.50. The Morgan fingerprint density at radius 2 is 1.87 bits per heavy atom. The van der Waals surface area contributed by atoms with Crippen molar-refractivity contribution >= 4 is 11.6 Å². The van der Waals surface area contributed by atoms with Gasteiger partial charge in [0.2, 0.25) is 5.95 Å². The van der Waals surface area contributed by atoms with Gasteiger partial charge in [0, 0.05) is 23.5 Å². The fraction of sp³-hybridized carbons (Fsp3) is 0.130. The molecule has 8 nitrogen and oxygen atoms in total. The Labute approximate surface area is 178 Å². The van der Waals surface area contributed by atoms with Crippen LogP contribution in [0.2, 0.25) is 0 Å². The molecular weight excluding hydrogens is 392 g/mol. The van der Waals surface area contributed by atoms with Crippen LogP contribution in [0.1, 0.15) is 28.8 Å². The maximum absolute atomic E-state index is 6.56. The summed E-state index contributed by atoms with van der Waals surface area (Å²) < 4.78 is 13.7. The lowest BCUT2D eigenvalue weighted by atomic mass is 9.85. The van der Waals surface area contributed by atoms with Gasteiger partial charge in [-0.1, -0.05) is 35.4 Å². The van der Waals surface area contributed by atoms with Gasteiger partial charge in [-0.3, -0.25) is 4.98 Å². The molecular formula is C23H18N6O2. The molecule has 2 aromatic carbocycles. The summed E-state index contributed by atoms with van der Waals surface area (Å²) in [5.74, 6) is 2.18. The number of nitrogens with one attached hydrogen (secondary N) is 1. The normalized spacial score (nSPS) is 18.9. The molecule has 4 aromatic rings. The summed E-state index contributed by atoms with van der Waals surface area (Å²) >= 11 is 0. The van der Waals surface area contributed by atoms with Gasteiger partial charge in [-0.15, -0.1) is 0 Å². The molecule has 0 saturated carbocycles. The Morgan fingerprint density at radius 1 is 1.00 bits per heavy atom. The van der Waals surface area contributed by atoms with E-state index in [2.05, 4.69) is 25.8 Å². The first kappa shape index (κ1) is 17.6. The number of pyridine rings is 1. The minimum absolute atomic E-state index is 0.268. The molecule has 0 fully saturated rings. The number of aromatic nitrogens is 5. The highest BCUT2D eigenvalue weighted by atomic mass is 16.5. The van der Waals surface area contributed by atoms with Crippen LogP contribution in [0.3, 0.4) is 0 Å². The Balaban J connectivity index is 1.60. The molecule has 0 spiro atoms. The summed E-state index contributed by atoms with van der Waals surface area (Å²) in [4.78, 5) is 4.34. The number of para-hydroxylation sites is 1. The number of anilines is 1. The van der Waals surface area contributed by atoms with Gasteiger partial charge in [0.15, 0.2) is 0 Å². The first-order valence-corrected chi connectivity index (χ1v) is 9.92. The summed E-state index contributed by atoms with van der Waals surface area (Å²) in [6.45, 7) is 0. The average Bonchev–Trinajstić information content (AvgIpc) is 3.31. The van der Waals surface area contributed by atoms with E-state index in [0.29, 0.717) is 5.95 Å². The zero-order valence-electron chi connectivity index (χ0n) is 16.6. The van der Waals surface area contributed by atoms with Gasteiger partial charge in [0.1, 0.15) is 23.6 Å². The first-order valence-electron chi connectivity index (χ1n) is 9.92. The number of rotatable bonds is 3. The molecule has 0 aliphatic carbocycles. The monoisotopic (exact) mass is 410 g/mol. The quantitative estimate of drug-likeness (QED) is 0.552. The Bertz CT molecular complexity index is 1280. The van der Waals surface area contributed by atoms with Crippen LogP contribution in [0.15, 0.2) is 78.6 Å². The summed E-state index contributed by atoms with van der Waals surface area (Å²) in [6, 6.07) is 19.6. The minimum Gasteiger partial charge on any atom is -0.497 e. The van der Waals surface area contributed by atoms with Crippen LogP contribution in [0, 0.1) is 0 Å². The van der Waals surface area contributed by atoms with Gasteiger partial charge in [-0.2, -0.15) is 4.68 Å². The molecule has 2 aliphatic heterocycles. The molecule has 0 amide bonds. The average molecular weight is 410 g/mol. The van der Waals surface area contributed by atoms with Crippen molar-refractivity contribution in [1.29, 1.82) is 0 Å². The molecule has 0 radical (unpaired) electrons. The maximum atomic E-state index is 6.56. The topological polar surface area (TPSA) is 87.0 Å². The molecule has 2 atom stereocenters. The highest BCUT2D eigenvalue weighted by Gasteiger charge is 2.41. The standard InChI is InChI=1S/C23H18N6O2/c1-30-16-10-8-14(9-11-16)22-19-20(17-6-2-3-7-18(17)31-22)25-23-26-27-28-29(23)21(19)15-5-4-12-24-13-15/h2-13,21-22H,1H3,(H,25,26,28)/t21-,22+/m1/s1. The SMILES string of the molecule is COc1ccc([C@@H]2Oc3ccccc3C3=C2[C@@H](c2cccnc2)n2nnnc2N3)cc1. The highest BCUT2D eigenvalue weighted by molar-refractivity contribution is 5.85. The number of methoxy groups -OCH3 is 1.